The zero-order valence-corrected chi connectivity index (χ0v) is 27.0. The molecule has 188 valence electrons. The van der Waals surface area contributed by atoms with E-state index in [1.165, 1.54) is 0 Å². The first-order valence-corrected chi connectivity index (χ1v) is 12.5. The van der Waals surface area contributed by atoms with E-state index in [0.717, 1.165) is 0 Å². The number of hydrogen-bond donors (Lipinski definition) is 6. The molecule has 0 saturated heterocycles. The Morgan fingerprint density at radius 2 is 1.37 bits per heavy atom. The van der Waals surface area contributed by atoms with Crippen LogP contribution in [0.5, 0.6) is 0 Å². The van der Waals surface area contributed by atoms with Gasteiger partial charge in [0.05, 0.1) is 5.75 Å². The van der Waals surface area contributed by atoms with Gasteiger partial charge in [-0.25, -0.2) is 0 Å². The molecule has 1 aromatic rings. The first kappa shape index (κ1) is 37.5. The number of Topliss-reactive ketones (excluding diaryl/α,β-unsaturated/α-hetero) is 1. The summed E-state index contributed by atoms with van der Waals surface area (Å²) in [6.45, 7) is -0.502. The summed E-state index contributed by atoms with van der Waals surface area (Å²) in [5, 5.41) is 6.29. The van der Waals surface area contributed by atoms with E-state index in [9.17, 15) is 36.0 Å². The average molecular weight is 589 g/mol. The van der Waals surface area contributed by atoms with Crippen LogP contribution in [-0.4, -0.2) is 86.1 Å². The van der Waals surface area contributed by atoms with Crippen LogP contribution in [0.25, 0.3) is 0 Å². The first-order valence-electron chi connectivity index (χ1n) is 9.27. The fourth-order valence-electron chi connectivity index (χ4n) is 2.42. The van der Waals surface area contributed by atoms with E-state index in [0.29, 0.717) is 5.56 Å². The van der Waals surface area contributed by atoms with Crippen molar-refractivity contribution >= 4 is 43.7 Å². The fraction of sp³-hybridized carbons (Fsp3) is 0.412. The van der Waals surface area contributed by atoms with Crippen molar-refractivity contribution in [1.29, 1.82) is 0 Å². The predicted molar refractivity (Wildman–Crippen MR) is 116 cm³/mol. The third-order valence-electron chi connectivity index (χ3n) is 3.91. The number of nitrogens with two attached hydrogens (primary N) is 1. The van der Waals surface area contributed by atoms with Crippen LogP contribution in [-0.2, 0) is 45.8 Å². The topological polar surface area (TPSA) is 239 Å². The summed E-state index contributed by atoms with van der Waals surface area (Å²) >= 11 is 0. The second kappa shape index (κ2) is 17.8. The van der Waals surface area contributed by atoms with E-state index in [-0.39, 0.29) is 125 Å². The van der Waals surface area contributed by atoms with Gasteiger partial charge in [-0.15, -0.1) is 0 Å². The molecule has 1 rings (SSSR count). The molecule has 0 aliphatic carbocycles. The maximum absolute atomic E-state index is 12.2. The van der Waals surface area contributed by atoms with Gasteiger partial charge >= 0.3 is 103 Å². The van der Waals surface area contributed by atoms with Crippen LogP contribution in [0.4, 0.5) is 0 Å². The molecule has 0 heterocycles. The number of rotatable bonds is 13. The third-order valence-corrected chi connectivity index (χ3v) is 5.44. The quantitative estimate of drug-likeness (QED) is 0.0547. The maximum Gasteiger partial charge on any atom is 1.00 e. The molecule has 0 aromatic heterocycles. The molecule has 0 aliphatic rings. The summed E-state index contributed by atoms with van der Waals surface area (Å²) < 4.78 is 61.6. The van der Waals surface area contributed by atoms with Crippen LogP contribution < -0.4 is 124 Å². The molecular weight excluding hydrogens is 563 g/mol. The summed E-state index contributed by atoms with van der Waals surface area (Å²) in [6, 6.07) is 4.78. The minimum absolute atomic E-state index is 0. The van der Waals surface area contributed by atoms with Gasteiger partial charge in [0.15, 0.2) is 0 Å². The van der Waals surface area contributed by atoms with Crippen LogP contribution in [0.2, 0.25) is 0 Å². The van der Waals surface area contributed by atoms with Crippen LogP contribution >= 0.6 is 0 Å². The van der Waals surface area contributed by atoms with Gasteiger partial charge in [-0.1, -0.05) is 30.3 Å². The number of amides is 3. The second-order valence-electron chi connectivity index (χ2n) is 6.80. The van der Waals surface area contributed by atoms with E-state index in [4.69, 9.17) is 14.8 Å². The number of hydrogen-bond acceptors (Lipinski definition) is 9. The summed E-state index contributed by atoms with van der Waals surface area (Å²) in [4.78, 5) is 47.8. The van der Waals surface area contributed by atoms with E-state index in [2.05, 4.69) is 10.6 Å². The first-order chi connectivity index (χ1) is 15.2. The fourth-order valence-corrected chi connectivity index (χ4v) is 3.68. The number of ketones is 1. The Bertz CT molecular complexity index is 1100. The second-order valence-corrected chi connectivity index (χ2v) is 9.79. The third kappa shape index (κ3) is 17.5. The molecule has 0 fully saturated rings. The van der Waals surface area contributed by atoms with Crippen molar-refractivity contribution in [2.75, 3.05) is 24.6 Å². The molecule has 14 nitrogen and oxygen atoms in total. The van der Waals surface area contributed by atoms with Gasteiger partial charge in [0.25, 0.3) is 26.1 Å². The number of nitrogens with one attached hydrogen (secondary N) is 3. The maximum atomic E-state index is 12.2. The van der Waals surface area contributed by atoms with E-state index >= 15 is 0 Å². The van der Waals surface area contributed by atoms with Gasteiger partial charge in [0.1, 0.15) is 17.8 Å². The normalized spacial score (nSPS) is 12.7. The Kier molecular flexibility index (Phi) is 19.1. The molecule has 0 spiro atoms. The van der Waals surface area contributed by atoms with E-state index < -0.39 is 67.3 Å². The van der Waals surface area contributed by atoms with Crippen LogP contribution in [0, 0.1) is 0 Å². The Morgan fingerprint density at radius 1 is 0.857 bits per heavy atom. The summed E-state index contributed by atoms with van der Waals surface area (Å²) in [5.41, 5.74) is 5.91. The number of carbonyl (C=O) groups excluding carboxylic acids is 4. The van der Waals surface area contributed by atoms with Gasteiger partial charge in [0.2, 0.25) is 17.6 Å². The molecule has 0 aliphatic heterocycles. The van der Waals surface area contributed by atoms with Crippen molar-refractivity contribution in [3.63, 3.8) is 0 Å². The van der Waals surface area contributed by atoms with Crippen molar-refractivity contribution in [3.05, 3.63) is 35.9 Å². The van der Waals surface area contributed by atoms with E-state index in [1.54, 1.807) is 30.3 Å². The van der Waals surface area contributed by atoms with Crippen LogP contribution in [0.3, 0.4) is 0 Å². The Morgan fingerprint density at radius 3 is 1.89 bits per heavy atom. The minimum Gasteiger partial charge on any atom is -1.00 e. The molecule has 35 heavy (non-hydrogen) atoms. The summed E-state index contributed by atoms with van der Waals surface area (Å²) in [5.74, 6) is -6.47. The zero-order valence-electron chi connectivity index (χ0n) is 21.1. The summed E-state index contributed by atoms with van der Waals surface area (Å²) in [7, 11) is -9.39. The minimum atomic E-state index is -4.76. The zero-order chi connectivity index (χ0) is 25.2. The van der Waals surface area contributed by atoms with Crippen molar-refractivity contribution < 1.29 is 151 Å². The Hall–Kier alpha value is 0.353. The standard InChI is InChI=1S/C17H24N4O10S2.2K.2H/c18-12(9-32(26,27)28)15(23)21-13(10-33(29,30)31)16(24)19-6-7-20-17(25)14(22)8-11-4-2-1-3-5-11;;;;/h1-5,12-13H,6-10,18H2,(H,19,24)(H,20,25)(H,21,23)(H,26,27,28)(H,29,30,31);;;;/q;2*+1;2*-1/t12-,13-;;;;/m0..../s1. The predicted octanol–water partition coefficient (Wildman–Crippen LogP) is -9.15. The SMILES string of the molecule is N[C@@H](CS(=O)(=O)O)C(=O)N[C@@H](CS(=O)(=O)O)C(=O)NCCNC(=O)C(=O)Cc1ccccc1.[H-].[H-].[K+].[K+]. The van der Waals surface area contributed by atoms with Crippen molar-refractivity contribution in [1.82, 2.24) is 16.0 Å². The van der Waals surface area contributed by atoms with E-state index in [1.807, 2.05) is 5.32 Å². The number of carbonyl (C=O) groups is 4. The van der Waals surface area contributed by atoms with Gasteiger partial charge in [-0.2, -0.15) is 16.8 Å². The summed E-state index contributed by atoms with van der Waals surface area (Å²) in [6.07, 6.45) is -0.134. The molecule has 18 heteroatoms. The molecule has 1 aromatic carbocycles. The van der Waals surface area contributed by atoms with Gasteiger partial charge in [-0.05, 0) is 5.56 Å². The molecule has 3 amide bonds. The monoisotopic (exact) mass is 588 g/mol. The average Bonchev–Trinajstić information content (AvgIpc) is 2.68. The largest absolute Gasteiger partial charge is 1.00 e. The van der Waals surface area contributed by atoms with Crippen molar-refractivity contribution in [2.45, 2.75) is 18.5 Å². The van der Waals surface area contributed by atoms with Crippen molar-refractivity contribution in [3.8, 4) is 0 Å². The van der Waals surface area contributed by atoms with Gasteiger partial charge in [-0.3, -0.25) is 28.3 Å². The molecule has 0 bridgehead atoms. The van der Waals surface area contributed by atoms with Gasteiger partial charge < -0.3 is 24.5 Å². The smallest absolute Gasteiger partial charge is 1.00 e. The molecule has 0 radical (unpaired) electrons. The molecule has 7 N–H and O–H groups in total. The molecule has 0 unspecified atom stereocenters. The molecule has 0 saturated carbocycles. The van der Waals surface area contributed by atoms with Crippen LogP contribution in [0.15, 0.2) is 30.3 Å². The molecule has 2 atom stereocenters. The van der Waals surface area contributed by atoms with Crippen molar-refractivity contribution in [2.24, 2.45) is 5.73 Å². The molecular formula is C17H26K2N4O10S2. The van der Waals surface area contributed by atoms with Gasteiger partial charge in [0, 0.05) is 19.5 Å². The number of benzene rings is 1. The Balaban J connectivity index is -0.00000136. The Labute approximate surface area is 290 Å². The van der Waals surface area contributed by atoms with Crippen LogP contribution in [0.1, 0.15) is 8.42 Å².